The molecule has 5 nitrogen and oxygen atoms in total. The summed E-state index contributed by atoms with van der Waals surface area (Å²) in [5.41, 5.74) is 6.96. The molecule has 0 unspecified atom stereocenters. The van der Waals surface area contributed by atoms with Crippen LogP contribution in [0.5, 0.6) is 0 Å². The van der Waals surface area contributed by atoms with Gasteiger partial charge in [-0.15, -0.1) is 5.10 Å². The van der Waals surface area contributed by atoms with Gasteiger partial charge in [-0.05, 0) is 13.8 Å². The first kappa shape index (κ1) is 9.31. The Morgan fingerprint density at radius 3 is 2.62 bits per heavy atom. The van der Waals surface area contributed by atoms with Crippen molar-refractivity contribution in [2.24, 2.45) is 15.9 Å². The third-order valence-electron chi connectivity index (χ3n) is 1.18. The van der Waals surface area contributed by atoms with Crippen LogP contribution in [0.3, 0.4) is 0 Å². The van der Waals surface area contributed by atoms with E-state index in [-0.39, 0.29) is 5.84 Å². The number of hydrogen-bond donors (Lipinski definition) is 1. The van der Waals surface area contributed by atoms with Crippen LogP contribution in [0, 0.1) is 0 Å². The van der Waals surface area contributed by atoms with E-state index in [0.29, 0.717) is 5.69 Å². The molecule has 0 spiro atoms. The highest BCUT2D eigenvalue weighted by Gasteiger charge is 1.97. The largest absolute Gasteiger partial charge is 0.380 e. The molecule has 1 aromatic rings. The van der Waals surface area contributed by atoms with Crippen LogP contribution in [0.15, 0.2) is 28.8 Å². The molecule has 1 aromatic heterocycles. The van der Waals surface area contributed by atoms with Crippen LogP contribution < -0.4 is 5.73 Å². The smallest absolute Gasteiger partial charge is 0.173 e. The molecule has 13 heavy (non-hydrogen) atoms. The molecule has 1 heterocycles. The molecular formula is C8H11N5. The Morgan fingerprint density at radius 2 is 2.08 bits per heavy atom. The Morgan fingerprint density at radius 1 is 1.31 bits per heavy atom. The second kappa shape index (κ2) is 4.30. The minimum absolute atomic E-state index is 0.273. The maximum atomic E-state index is 5.58. The number of nitrogens with zero attached hydrogens (tertiary/aromatic N) is 4. The van der Waals surface area contributed by atoms with Crippen molar-refractivity contribution < 1.29 is 0 Å². The van der Waals surface area contributed by atoms with Crippen molar-refractivity contribution in [3.05, 3.63) is 24.3 Å². The van der Waals surface area contributed by atoms with Gasteiger partial charge in [0.15, 0.2) is 5.84 Å². The average molecular weight is 177 g/mol. The molecule has 2 N–H and O–H groups in total. The van der Waals surface area contributed by atoms with E-state index < -0.39 is 0 Å². The van der Waals surface area contributed by atoms with E-state index in [2.05, 4.69) is 20.2 Å². The van der Waals surface area contributed by atoms with Gasteiger partial charge in [0.1, 0.15) is 5.69 Å². The Hall–Kier alpha value is -1.78. The lowest BCUT2D eigenvalue weighted by Gasteiger charge is -1.94. The molecular weight excluding hydrogens is 166 g/mol. The molecule has 1 rings (SSSR count). The summed E-state index contributed by atoms with van der Waals surface area (Å²) in [6.07, 6.45) is 4.67. The van der Waals surface area contributed by atoms with Crippen LogP contribution in [0.4, 0.5) is 0 Å². The molecule has 0 fully saturated rings. The van der Waals surface area contributed by atoms with E-state index in [1.54, 1.807) is 18.6 Å². The fourth-order valence-electron chi connectivity index (χ4n) is 0.636. The highest BCUT2D eigenvalue weighted by atomic mass is 15.2. The van der Waals surface area contributed by atoms with E-state index in [4.69, 9.17) is 5.73 Å². The average Bonchev–Trinajstić information content (AvgIpc) is 2.15. The maximum absolute atomic E-state index is 5.58. The normalized spacial score (nSPS) is 11.1. The highest BCUT2D eigenvalue weighted by Crippen LogP contribution is 1.90. The quantitative estimate of drug-likeness (QED) is 0.407. The number of rotatable bonds is 2. The SMILES string of the molecule is CC(C)=NN=C(N)c1cnccn1. The van der Waals surface area contributed by atoms with Gasteiger partial charge in [-0.25, -0.2) is 4.98 Å². The zero-order valence-corrected chi connectivity index (χ0v) is 7.60. The molecule has 68 valence electrons. The fraction of sp³-hybridized carbons (Fsp3) is 0.250. The van der Waals surface area contributed by atoms with Gasteiger partial charge in [0.05, 0.1) is 6.20 Å². The van der Waals surface area contributed by atoms with E-state index in [9.17, 15) is 0 Å². The van der Waals surface area contributed by atoms with Crippen LogP contribution >= 0.6 is 0 Å². The van der Waals surface area contributed by atoms with Gasteiger partial charge < -0.3 is 5.73 Å². The summed E-state index contributed by atoms with van der Waals surface area (Å²) in [5.74, 6) is 0.273. The molecule has 5 heteroatoms. The number of nitrogens with two attached hydrogens (primary N) is 1. The lowest BCUT2D eigenvalue weighted by Crippen LogP contribution is -2.14. The first-order chi connectivity index (χ1) is 6.20. The molecule has 0 atom stereocenters. The molecule has 0 aliphatic rings. The lowest BCUT2D eigenvalue weighted by atomic mass is 10.4. The third kappa shape index (κ3) is 2.98. The third-order valence-corrected chi connectivity index (χ3v) is 1.18. The monoisotopic (exact) mass is 177 g/mol. The van der Waals surface area contributed by atoms with Crippen molar-refractivity contribution in [2.45, 2.75) is 13.8 Å². The van der Waals surface area contributed by atoms with Crippen molar-refractivity contribution in [2.75, 3.05) is 0 Å². The second-order valence-corrected chi connectivity index (χ2v) is 2.62. The van der Waals surface area contributed by atoms with E-state index in [1.165, 1.54) is 0 Å². The Bertz CT molecular complexity index is 324. The number of amidine groups is 1. The molecule has 0 saturated heterocycles. The van der Waals surface area contributed by atoms with Crippen LogP contribution in [-0.4, -0.2) is 21.5 Å². The molecule has 0 amide bonds. The highest BCUT2D eigenvalue weighted by molar-refractivity contribution is 5.95. The number of hydrogen-bond acceptors (Lipinski definition) is 4. The van der Waals surface area contributed by atoms with Crippen LogP contribution in [0.25, 0.3) is 0 Å². The maximum Gasteiger partial charge on any atom is 0.173 e. The van der Waals surface area contributed by atoms with Crippen molar-refractivity contribution in [1.82, 2.24) is 9.97 Å². The standard InChI is InChI=1S/C8H11N5/c1-6(2)12-13-8(9)7-5-10-3-4-11-7/h3-5H,1-2H3,(H2,9,13). The van der Waals surface area contributed by atoms with Crippen LogP contribution in [0.2, 0.25) is 0 Å². The summed E-state index contributed by atoms with van der Waals surface area (Å²) in [6, 6.07) is 0. The van der Waals surface area contributed by atoms with Crippen LogP contribution in [0.1, 0.15) is 19.5 Å². The summed E-state index contributed by atoms with van der Waals surface area (Å²) >= 11 is 0. The minimum Gasteiger partial charge on any atom is -0.380 e. The fourth-order valence-corrected chi connectivity index (χ4v) is 0.636. The predicted octanol–water partition coefficient (Wildman–Crippen LogP) is 0.578. The molecule has 0 aromatic carbocycles. The van der Waals surface area contributed by atoms with Crippen molar-refractivity contribution >= 4 is 11.5 Å². The van der Waals surface area contributed by atoms with E-state index >= 15 is 0 Å². The summed E-state index contributed by atoms with van der Waals surface area (Å²) in [7, 11) is 0. The van der Waals surface area contributed by atoms with Gasteiger partial charge in [0, 0.05) is 18.1 Å². The van der Waals surface area contributed by atoms with Gasteiger partial charge in [-0.2, -0.15) is 5.10 Å². The Balaban J connectivity index is 2.86. The Kier molecular flexibility index (Phi) is 3.08. The van der Waals surface area contributed by atoms with E-state index in [0.717, 1.165) is 5.71 Å². The van der Waals surface area contributed by atoms with E-state index in [1.807, 2.05) is 13.8 Å². The van der Waals surface area contributed by atoms with Crippen molar-refractivity contribution in [3.8, 4) is 0 Å². The molecule has 0 aliphatic heterocycles. The predicted molar refractivity (Wildman–Crippen MR) is 51.5 cm³/mol. The molecule has 0 bridgehead atoms. The van der Waals surface area contributed by atoms with Gasteiger partial charge in [0.2, 0.25) is 0 Å². The van der Waals surface area contributed by atoms with Crippen molar-refractivity contribution in [3.63, 3.8) is 0 Å². The minimum atomic E-state index is 0.273. The van der Waals surface area contributed by atoms with Crippen molar-refractivity contribution in [1.29, 1.82) is 0 Å². The lowest BCUT2D eigenvalue weighted by molar-refractivity contribution is 1.14. The molecule has 0 saturated carbocycles. The second-order valence-electron chi connectivity index (χ2n) is 2.62. The summed E-state index contributed by atoms with van der Waals surface area (Å²) in [5, 5.41) is 7.59. The number of aromatic nitrogens is 2. The van der Waals surface area contributed by atoms with Crippen LogP contribution in [-0.2, 0) is 0 Å². The van der Waals surface area contributed by atoms with Gasteiger partial charge in [-0.3, -0.25) is 4.98 Å². The molecule has 0 radical (unpaired) electrons. The van der Waals surface area contributed by atoms with Gasteiger partial charge in [0.25, 0.3) is 0 Å². The Labute approximate surface area is 76.4 Å². The summed E-state index contributed by atoms with van der Waals surface area (Å²) in [6.45, 7) is 3.68. The molecule has 0 aliphatic carbocycles. The zero-order chi connectivity index (χ0) is 9.68. The topological polar surface area (TPSA) is 76.5 Å². The summed E-state index contributed by atoms with van der Waals surface area (Å²) in [4.78, 5) is 7.83. The zero-order valence-electron chi connectivity index (χ0n) is 7.60. The summed E-state index contributed by atoms with van der Waals surface area (Å²) < 4.78 is 0. The van der Waals surface area contributed by atoms with Gasteiger partial charge >= 0.3 is 0 Å². The first-order valence-electron chi connectivity index (χ1n) is 3.81. The first-order valence-corrected chi connectivity index (χ1v) is 3.81. The van der Waals surface area contributed by atoms with Gasteiger partial charge in [-0.1, -0.05) is 0 Å².